The minimum Gasteiger partial charge on any atom is -0.378 e. The minimum absolute atomic E-state index is 0.0851. The normalized spacial score (nSPS) is 24.1. The third-order valence-electron chi connectivity index (χ3n) is 2.83. The van der Waals surface area contributed by atoms with Crippen molar-refractivity contribution in [3.05, 3.63) is 27.9 Å². The second kappa shape index (κ2) is 6.63. The van der Waals surface area contributed by atoms with Crippen molar-refractivity contribution in [2.24, 2.45) is 0 Å². The van der Waals surface area contributed by atoms with E-state index in [1.807, 2.05) is 23.5 Å². The van der Waals surface area contributed by atoms with Gasteiger partial charge >= 0.3 is 0 Å². The molecule has 2 unspecified atom stereocenters. The summed E-state index contributed by atoms with van der Waals surface area (Å²) in [6.07, 6.45) is 1.10. The number of methoxy groups -OCH3 is 1. The summed E-state index contributed by atoms with van der Waals surface area (Å²) in [5.74, 6) is 3.10. The first-order valence-electron chi connectivity index (χ1n) is 6.07. The van der Waals surface area contributed by atoms with Crippen LogP contribution < -0.4 is 5.56 Å². The summed E-state index contributed by atoms with van der Waals surface area (Å²) in [7, 11) is 1.61. The van der Waals surface area contributed by atoms with E-state index < -0.39 is 0 Å². The SMILES string of the molecule is CCC1SCCSC1c1nc(COC)cc(=O)[nH]1. The summed E-state index contributed by atoms with van der Waals surface area (Å²) in [5.41, 5.74) is 0.625. The van der Waals surface area contributed by atoms with Gasteiger partial charge in [0, 0.05) is 29.9 Å². The summed E-state index contributed by atoms with van der Waals surface area (Å²) in [4.78, 5) is 19.1. The van der Waals surface area contributed by atoms with Crippen LogP contribution >= 0.6 is 23.5 Å². The molecule has 6 heteroatoms. The molecular formula is C12H18N2O2S2. The van der Waals surface area contributed by atoms with Gasteiger partial charge < -0.3 is 9.72 Å². The number of nitrogens with one attached hydrogen (secondary N) is 1. The van der Waals surface area contributed by atoms with Crippen molar-refractivity contribution in [2.45, 2.75) is 30.5 Å². The Balaban J connectivity index is 2.27. The molecule has 2 atom stereocenters. The Morgan fingerprint density at radius 2 is 2.28 bits per heavy atom. The lowest BCUT2D eigenvalue weighted by atomic mass is 10.2. The van der Waals surface area contributed by atoms with Crippen molar-refractivity contribution < 1.29 is 4.74 Å². The van der Waals surface area contributed by atoms with Crippen molar-refractivity contribution in [1.82, 2.24) is 9.97 Å². The first kappa shape index (κ1) is 14.0. The smallest absolute Gasteiger partial charge is 0.251 e. The van der Waals surface area contributed by atoms with E-state index in [0.29, 0.717) is 22.8 Å². The number of hydrogen-bond acceptors (Lipinski definition) is 5. The fraction of sp³-hybridized carbons (Fsp3) is 0.667. The molecule has 1 saturated heterocycles. The van der Waals surface area contributed by atoms with E-state index in [4.69, 9.17) is 4.74 Å². The maximum atomic E-state index is 11.7. The molecule has 0 aromatic carbocycles. The quantitative estimate of drug-likeness (QED) is 0.919. The Kier molecular flexibility index (Phi) is 5.14. The zero-order chi connectivity index (χ0) is 13.0. The van der Waals surface area contributed by atoms with Gasteiger partial charge in [-0.15, -0.1) is 11.8 Å². The van der Waals surface area contributed by atoms with Crippen molar-refractivity contribution in [1.29, 1.82) is 0 Å². The highest BCUT2D eigenvalue weighted by Gasteiger charge is 2.28. The molecule has 2 heterocycles. The highest BCUT2D eigenvalue weighted by Crippen LogP contribution is 2.42. The van der Waals surface area contributed by atoms with Crippen LogP contribution in [0.4, 0.5) is 0 Å². The summed E-state index contributed by atoms with van der Waals surface area (Å²) < 4.78 is 5.05. The highest BCUT2D eigenvalue weighted by molar-refractivity contribution is 8.06. The average Bonchev–Trinajstić information content (AvgIpc) is 2.38. The fourth-order valence-corrected chi connectivity index (χ4v) is 5.06. The Labute approximate surface area is 115 Å². The molecule has 4 nitrogen and oxygen atoms in total. The predicted molar refractivity (Wildman–Crippen MR) is 77.3 cm³/mol. The first-order chi connectivity index (χ1) is 8.74. The number of aromatic nitrogens is 2. The van der Waals surface area contributed by atoms with E-state index in [2.05, 4.69) is 16.9 Å². The van der Waals surface area contributed by atoms with Gasteiger partial charge in [0.25, 0.3) is 5.56 Å². The van der Waals surface area contributed by atoms with Gasteiger partial charge in [-0.25, -0.2) is 4.98 Å². The molecule has 1 fully saturated rings. The van der Waals surface area contributed by atoms with Gasteiger partial charge in [0.15, 0.2) is 0 Å². The summed E-state index contributed by atoms with van der Waals surface area (Å²) >= 11 is 3.87. The van der Waals surface area contributed by atoms with Crippen LogP contribution in [-0.4, -0.2) is 33.8 Å². The summed E-state index contributed by atoms with van der Waals surface area (Å²) in [5, 5.41) is 0.822. The van der Waals surface area contributed by atoms with Gasteiger partial charge in [-0.05, 0) is 6.42 Å². The molecule has 2 rings (SSSR count). The van der Waals surface area contributed by atoms with Gasteiger partial charge in [-0.2, -0.15) is 11.8 Å². The molecule has 18 heavy (non-hydrogen) atoms. The van der Waals surface area contributed by atoms with E-state index in [-0.39, 0.29) is 5.56 Å². The Hall–Kier alpha value is -0.460. The molecule has 1 aromatic heterocycles. The van der Waals surface area contributed by atoms with Crippen LogP contribution in [-0.2, 0) is 11.3 Å². The number of nitrogens with zero attached hydrogens (tertiary/aromatic N) is 1. The maximum Gasteiger partial charge on any atom is 0.251 e. The van der Waals surface area contributed by atoms with Crippen molar-refractivity contribution >= 4 is 23.5 Å². The first-order valence-corrected chi connectivity index (χ1v) is 8.16. The molecular weight excluding hydrogens is 268 g/mol. The van der Waals surface area contributed by atoms with Gasteiger partial charge in [0.2, 0.25) is 0 Å². The minimum atomic E-state index is -0.0851. The van der Waals surface area contributed by atoms with Crippen molar-refractivity contribution in [3.63, 3.8) is 0 Å². The third kappa shape index (κ3) is 3.30. The molecule has 1 aromatic rings. The van der Waals surface area contributed by atoms with Crippen LogP contribution in [0.2, 0.25) is 0 Å². The standard InChI is InChI=1S/C12H18N2O2S2/c1-3-9-11(18-5-4-17-9)12-13-8(7-16-2)6-10(15)14-12/h6,9,11H,3-5,7H2,1-2H3,(H,13,14,15). The zero-order valence-electron chi connectivity index (χ0n) is 10.6. The predicted octanol–water partition coefficient (Wildman–Crippen LogP) is 2.22. The summed E-state index contributed by atoms with van der Waals surface area (Å²) in [6, 6.07) is 1.51. The third-order valence-corrected chi connectivity index (χ3v) is 6.08. The Bertz CT molecular complexity index is 450. The molecule has 1 aliphatic heterocycles. The fourth-order valence-electron chi connectivity index (χ4n) is 2.04. The lowest BCUT2D eigenvalue weighted by Crippen LogP contribution is -2.24. The highest BCUT2D eigenvalue weighted by atomic mass is 32.2. The van der Waals surface area contributed by atoms with Crippen LogP contribution in [0.15, 0.2) is 10.9 Å². The number of rotatable bonds is 4. The molecule has 1 aliphatic rings. The van der Waals surface area contributed by atoms with Gasteiger partial charge in [0.05, 0.1) is 17.6 Å². The molecule has 100 valence electrons. The number of H-pyrrole nitrogens is 1. The molecule has 0 spiro atoms. The van der Waals surface area contributed by atoms with E-state index >= 15 is 0 Å². The van der Waals surface area contributed by atoms with E-state index in [0.717, 1.165) is 18.0 Å². The molecule has 0 bridgehead atoms. The van der Waals surface area contributed by atoms with E-state index in [9.17, 15) is 4.79 Å². The van der Waals surface area contributed by atoms with E-state index in [1.165, 1.54) is 11.8 Å². The molecule has 0 amide bonds. The van der Waals surface area contributed by atoms with Crippen LogP contribution in [0.1, 0.15) is 30.1 Å². The van der Waals surface area contributed by atoms with E-state index in [1.54, 1.807) is 7.11 Å². The second-order valence-corrected chi connectivity index (χ2v) is 6.76. The average molecular weight is 286 g/mol. The number of hydrogen-bond donors (Lipinski definition) is 1. The number of ether oxygens (including phenoxy) is 1. The Morgan fingerprint density at radius 3 is 3.00 bits per heavy atom. The van der Waals surface area contributed by atoms with Crippen molar-refractivity contribution in [3.8, 4) is 0 Å². The van der Waals surface area contributed by atoms with Crippen molar-refractivity contribution in [2.75, 3.05) is 18.6 Å². The van der Waals surface area contributed by atoms with Crippen LogP contribution in [0.25, 0.3) is 0 Å². The van der Waals surface area contributed by atoms with Crippen LogP contribution in [0, 0.1) is 0 Å². The number of thioether (sulfide) groups is 2. The van der Waals surface area contributed by atoms with Gasteiger partial charge in [-0.1, -0.05) is 6.92 Å². The van der Waals surface area contributed by atoms with Crippen LogP contribution in [0.3, 0.4) is 0 Å². The maximum absolute atomic E-state index is 11.7. The molecule has 0 radical (unpaired) electrons. The monoisotopic (exact) mass is 286 g/mol. The largest absolute Gasteiger partial charge is 0.378 e. The molecule has 0 aliphatic carbocycles. The van der Waals surface area contributed by atoms with Gasteiger partial charge in [-0.3, -0.25) is 4.79 Å². The second-order valence-electron chi connectivity index (χ2n) is 4.16. The van der Waals surface area contributed by atoms with Gasteiger partial charge in [0.1, 0.15) is 5.82 Å². The topological polar surface area (TPSA) is 55.0 Å². The summed E-state index contributed by atoms with van der Waals surface area (Å²) in [6.45, 7) is 2.58. The lowest BCUT2D eigenvalue weighted by molar-refractivity contribution is 0.181. The molecule has 1 N–H and O–H groups in total. The Morgan fingerprint density at radius 1 is 1.50 bits per heavy atom. The number of aromatic amines is 1. The zero-order valence-corrected chi connectivity index (χ0v) is 12.3. The molecule has 0 saturated carbocycles. The van der Waals surface area contributed by atoms with Crippen LogP contribution in [0.5, 0.6) is 0 Å². The lowest BCUT2D eigenvalue weighted by Gasteiger charge is -2.29.